The maximum atomic E-state index is 12.3. The van der Waals surface area contributed by atoms with Crippen LogP contribution in [0.25, 0.3) is 5.69 Å². The third kappa shape index (κ3) is 4.91. The number of hydrogen-bond donors (Lipinski definition) is 1. The van der Waals surface area contributed by atoms with Gasteiger partial charge in [0.05, 0.1) is 11.9 Å². The van der Waals surface area contributed by atoms with Gasteiger partial charge in [-0.25, -0.2) is 4.68 Å². The van der Waals surface area contributed by atoms with E-state index in [1.54, 1.807) is 10.9 Å². The second kappa shape index (κ2) is 8.77. The molecule has 0 unspecified atom stereocenters. The molecule has 0 radical (unpaired) electrons. The highest BCUT2D eigenvalue weighted by Gasteiger charge is 2.22. The summed E-state index contributed by atoms with van der Waals surface area (Å²) in [6.45, 7) is 7.92. The Morgan fingerprint density at radius 2 is 1.81 bits per heavy atom. The number of para-hydroxylation sites is 1. The zero-order valence-electron chi connectivity index (χ0n) is 15.8. The summed E-state index contributed by atoms with van der Waals surface area (Å²) in [5.74, 6) is -0.249. The Morgan fingerprint density at radius 3 is 2.48 bits per heavy atom. The minimum Gasteiger partial charge on any atom is -0.350 e. The van der Waals surface area contributed by atoms with E-state index in [9.17, 15) is 9.59 Å². The summed E-state index contributed by atoms with van der Waals surface area (Å²) in [6, 6.07) is 9.97. The molecule has 1 saturated heterocycles. The van der Waals surface area contributed by atoms with E-state index in [1.807, 2.05) is 35.2 Å². The highest BCUT2D eigenvalue weighted by atomic mass is 16.2. The molecule has 0 aliphatic carbocycles. The first-order chi connectivity index (χ1) is 13.0. The first kappa shape index (κ1) is 19.0. The lowest BCUT2D eigenvalue weighted by Gasteiger charge is -2.37. The second-order valence-electron chi connectivity index (χ2n) is 6.90. The second-order valence-corrected chi connectivity index (χ2v) is 6.90. The van der Waals surface area contributed by atoms with Crippen LogP contribution >= 0.6 is 0 Å². The molecule has 1 aromatic heterocycles. The Bertz CT molecular complexity index is 766. The predicted octanol–water partition coefficient (Wildman–Crippen LogP) is 0.940. The van der Waals surface area contributed by atoms with Crippen LogP contribution in [0.1, 0.15) is 30.8 Å². The molecular formula is C19H26N6O2. The molecule has 1 aliphatic rings. The molecule has 0 saturated carbocycles. The van der Waals surface area contributed by atoms with Crippen molar-refractivity contribution in [1.82, 2.24) is 30.1 Å². The van der Waals surface area contributed by atoms with Crippen molar-refractivity contribution < 1.29 is 9.59 Å². The average molecular weight is 370 g/mol. The summed E-state index contributed by atoms with van der Waals surface area (Å²) in [6.07, 6.45) is 1.87. The molecule has 144 valence electrons. The van der Waals surface area contributed by atoms with E-state index < -0.39 is 0 Å². The molecule has 8 heteroatoms. The Hall–Kier alpha value is -2.74. The van der Waals surface area contributed by atoms with Crippen molar-refractivity contribution in [2.75, 3.05) is 32.7 Å². The Labute approximate surface area is 159 Å². The minimum atomic E-state index is -0.324. The number of hydrogen-bond acceptors (Lipinski definition) is 5. The van der Waals surface area contributed by atoms with Crippen molar-refractivity contribution in [1.29, 1.82) is 0 Å². The molecular weight excluding hydrogens is 344 g/mol. The van der Waals surface area contributed by atoms with Gasteiger partial charge < -0.3 is 10.2 Å². The Morgan fingerprint density at radius 1 is 1.11 bits per heavy atom. The van der Waals surface area contributed by atoms with E-state index >= 15 is 0 Å². The fourth-order valence-electron chi connectivity index (χ4n) is 3.09. The summed E-state index contributed by atoms with van der Waals surface area (Å²) in [4.78, 5) is 28.7. The van der Waals surface area contributed by atoms with Gasteiger partial charge in [0.1, 0.15) is 0 Å². The number of carbonyl (C=O) groups excluding carboxylic acids is 2. The standard InChI is InChI=1S/C19H26N6O2/c1-15(2)23-10-12-24(13-11-23)18(26)8-9-20-19(27)17-14-25(22-21-17)16-6-4-3-5-7-16/h3-7,14-15H,8-13H2,1-2H3,(H,20,27). The molecule has 1 fully saturated rings. The molecule has 3 rings (SSSR count). The number of nitrogens with one attached hydrogen (secondary N) is 1. The van der Waals surface area contributed by atoms with Crippen LogP contribution in [0.2, 0.25) is 0 Å². The van der Waals surface area contributed by atoms with E-state index in [1.165, 1.54) is 0 Å². The fraction of sp³-hybridized carbons (Fsp3) is 0.474. The van der Waals surface area contributed by atoms with Crippen LogP contribution < -0.4 is 5.32 Å². The molecule has 8 nitrogen and oxygen atoms in total. The van der Waals surface area contributed by atoms with Gasteiger partial charge in [0, 0.05) is 45.2 Å². The van der Waals surface area contributed by atoms with Crippen molar-refractivity contribution in [3.05, 3.63) is 42.2 Å². The highest BCUT2D eigenvalue weighted by molar-refractivity contribution is 5.92. The van der Waals surface area contributed by atoms with Crippen molar-refractivity contribution >= 4 is 11.8 Å². The number of rotatable bonds is 6. The maximum absolute atomic E-state index is 12.3. The third-order valence-electron chi connectivity index (χ3n) is 4.77. The number of nitrogens with zero attached hydrogens (tertiary/aromatic N) is 5. The van der Waals surface area contributed by atoms with Gasteiger partial charge in [-0.05, 0) is 26.0 Å². The molecule has 0 bridgehead atoms. The largest absolute Gasteiger partial charge is 0.350 e. The maximum Gasteiger partial charge on any atom is 0.273 e. The molecule has 2 amide bonds. The SMILES string of the molecule is CC(C)N1CCN(C(=O)CCNC(=O)c2cn(-c3ccccc3)nn2)CC1. The van der Waals surface area contributed by atoms with Crippen LogP contribution in [0, 0.1) is 0 Å². The van der Waals surface area contributed by atoms with Gasteiger partial charge in [0.2, 0.25) is 5.91 Å². The van der Waals surface area contributed by atoms with Crippen molar-refractivity contribution in [3.63, 3.8) is 0 Å². The lowest BCUT2D eigenvalue weighted by atomic mass is 10.2. The summed E-state index contributed by atoms with van der Waals surface area (Å²) < 4.78 is 1.55. The molecule has 27 heavy (non-hydrogen) atoms. The van der Waals surface area contributed by atoms with Gasteiger partial charge in [0.15, 0.2) is 5.69 Å². The third-order valence-corrected chi connectivity index (χ3v) is 4.77. The summed E-state index contributed by atoms with van der Waals surface area (Å²) in [5, 5.41) is 10.6. The highest BCUT2D eigenvalue weighted by Crippen LogP contribution is 2.08. The summed E-state index contributed by atoms with van der Waals surface area (Å²) in [7, 11) is 0. The zero-order chi connectivity index (χ0) is 19.2. The van der Waals surface area contributed by atoms with Crippen LogP contribution in [0.3, 0.4) is 0 Å². The quantitative estimate of drug-likeness (QED) is 0.818. The molecule has 1 aliphatic heterocycles. The first-order valence-electron chi connectivity index (χ1n) is 9.32. The predicted molar refractivity (Wildman–Crippen MR) is 102 cm³/mol. The lowest BCUT2D eigenvalue weighted by molar-refractivity contribution is -0.133. The van der Waals surface area contributed by atoms with Crippen LogP contribution in [0.5, 0.6) is 0 Å². The fourth-order valence-corrected chi connectivity index (χ4v) is 3.09. The van der Waals surface area contributed by atoms with Gasteiger partial charge in [-0.15, -0.1) is 5.10 Å². The van der Waals surface area contributed by atoms with Gasteiger partial charge in [0.25, 0.3) is 5.91 Å². The number of piperazine rings is 1. The van der Waals surface area contributed by atoms with Crippen LogP contribution in [-0.2, 0) is 4.79 Å². The summed E-state index contributed by atoms with van der Waals surface area (Å²) >= 11 is 0. The molecule has 1 aromatic carbocycles. The van der Waals surface area contributed by atoms with Gasteiger partial charge in [-0.1, -0.05) is 23.4 Å². The van der Waals surface area contributed by atoms with Gasteiger partial charge >= 0.3 is 0 Å². The average Bonchev–Trinajstić information content (AvgIpc) is 3.19. The van der Waals surface area contributed by atoms with Crippen LogP contribution in [0.15, 0.2) is 36.5 Å². The van der Waals surface area contributed by atoms with Crippen molar-refractivity contribution in [3.8, 4) is 5.69 Å². The molecule has 2 heterocycles. The topological polar surface area (TPSA) is 83.4 Å². The zero-order valence-corrected chi connectivity index (χ0v) is 15.8. The monoisotopic (exact) mass is 370 g/mol. The van der Waals surface area contributed by atoms with E-state index in [4.69, 9.17) is 0 Å². The lowest BCUT2D eigenvalue weighted by Crippen LogP contribution is -2.51. The number of carbonyl (C=O) groups is 2. The van der Waals surface area contributed by atoms with Crippen LogP contribution in [-0.4, -0.2) is 75.4 Å². The smallest absolute Gasteiger partial charge is 0.273 e. The minimum absolute atomic E-state index is 0.0756. The number of amides is 2. The number of benzene rings is 1. The van der Waals surface area contributed by atoms with E-state index in [0.29, 0.717) is 19.0 Å². The van der Waals surface area contributed by atoms with Gasteiger partial charge in [-0.2, -0.15) is 0 Å². The normalized spacial score (nSPS) is 15.1. The van der Waals surface area contributed by atoms with Crippen molar-refractivity contribution in [2.24, 2.45) is 0 Å². The molecule has 2 aromatic rings. The van der Waals surface area contributed by atoms with Crippen molar-refractivity contribution in [2.45, 2.75) is 26.3 Å². The van der Waals surface area contributed by atoms with E-state index in [0.717, 1.165) is 31.9 Å². The Kier molecular flexibility index (Phi) is 6.18. The molecule has 0 atom stereocenters. The number of aromatic nitrogens is 3. The van der Waals surface area contributed by atoms with Crippen LogP contribution in [0.4, 0.5) is 0 Å². The first-order valence-corrected chi connectivity index (χ1v) is 9.32. The van der Waals surface area contributed by atoms with E-state index in [-0.39, 0.29) is 17.5 Å². The molecule has 0 spiro atoms. The van der Waals surface area contributed by atoms with E-state index in [2.05, 4.69) is 34.4 Å². The summed E-state index contributed by atoms with van der Waals surface area (Å²) in [5.41, 5.74) is 1.07. The van der Waals surface area contributed by atoms with Gasteiger partial charge in [-0.3, -0.25) is 14.5 Å². The Balaban J connectivity index is 1.43. The molecule has 1 N–H and O–H groups in total.